The number of allylic oxidation sites excluding steroid dienone is 1. The first-order valence-corrected chi connectivity index (χ1v) is 7.60. The predicted octanol–water partition coefficient (Wildman–Crippen LogP) is 4.71. The zero-order valence-corrected chi connectivity index (χ0v) is 14.3. The minimum Gasteiger partial charge on any atom is -0.502 e. The second-order valence-corrected chi connectivity index (χ2v) is 7.20. The van der Waals surface area contributed by atoms with Crippen LogP contribution >= 0.6 is 0 Å². The Bertz CT molecular complexity index is 264. The maximum absolute atomic E-state index is 5.23. The van der Waals surface area contributed by atoms with Gasteiger partial charge in [-0.15, -0.1) is 0 Å². The van der Waals surface area contributed by atoms with Crippen LogP contribution < -0.4 is 0 Å². The molecule has 0 aliphatic heterocycles. The molecule has 19 heavy (non-hydrogen) atoms. The topological polar surface area (TPSA) is 12.5 Å². The zero-order chi connectivity index (χ0) is 15.1. The Balaban J connectivity index is 4.37. The quantitative estimate of drug-likeness (QED) is 0.532. The van der Waals surface area contributed by atoms with Crippen molar-refractivity contribution in [2.75, 3.05) is 26.7 Å². The van der Waals surface area contributed by atoms with Crippen molar-refractivity contribution in [3.8, 4) is 0 Å². The van der Waals surface area contributed by atoms with Gasteiger partial charge in [0.25, 0.3) is 0 Å². The van der Waals surface area contributed by atoms with E-state index < -0.39 is 0 Å². The van der Waals surface area contributed by atoms with Crippen molar-refractivity contribution in [3.05, 3.63) is 12.3 Å². The van der Waals surface area contributed by atoms with Gasteiger partial charge in [0.15, 0.2) is 0 Å². The molecule has 0 aliphatic rings. The Labute approximate surface area is 121 Å². The molecule has 0 aliphatic carbocycles. The summed E-state index contributed by atoms with van der Waals surface area (Å²) in [7, 11) is 1.71. The molecular formula is C17H35NO. The highest BCUT2D eigenvalue weighted by molar-refractivity contribution is 4.91. The molecule has 0 saturated heterocycles. The Hall–Kier alpha value is -0.500. The van der Waals surface area contributed by atoms with E-state index in [0.717, 1.165) is 25.3 Å². The van der Waals surface area contributed by atoms with Gasteiger partial charge >= 0.3 is 0 Å². The van der Waals surface area contributed by atoms with Crippen LogP contribution in [-0.4, -0.2) is 31.6 Å². The van der Waals surface area contributed by atoms with Crippen molar-refractivity contribution in [1.29, 1.82) is 0 Å². The Morgan fingerprint density at radius 3 is 2.00 bits per heavy atom. The van der Waals surface area contributed by atoms with Crippen LogP contribution in [0.15, 0.2) is 12.3 Å². The number of methoxy groups -OCH3 is 1. The molecule has 114 valence electrons. The maximum atomic E-state index is 5.23. The number of hydrogen-bond donors (Lipinski definition) is 0. The number of rotatable bonds is 10. The van der Waals surface area contributed by atoms with E-state index in [0.29, 0.717) is 5.41 Å². The molecule has 2 nitrogen and oxygen atoms in total. The highest BCUT2D eigenvalue weighted by Gasteiger charge is 2.29. The van der Waals surface area contributed by atoms with Crippen molar-refractivity contribution in [2.24, 2.45) is 10.8 Å². The van der Waals surface area contributed by atoms with E-state index in [1.165, 1.54) is 19.4 Å². The Kier molecular flexibility index (Phi) is 7.73. The predicted molar refractivity (Wildman–Crippen MR) is 85.4 cm³/mol. The molecule has 0 N–H and O–H groups in total. The minimum absolute atomic E-state index is 0.250. The molecule has 0 atom stereocenters. The van der Waals surface area contributed by atoms with Crippen LogP contribution in [0.25, 0.3) is 0 Å². The van der Waals surface area contributed by atoms with Crippen molar-refractivity contribution in [1.82, 2.24) is 4.90 Å². The summed E-state index contributed by atoms with van der Waals surface area (Å²) in [6, 6.07) is 0. The van der Waals surface area contributed by atoms with Crippen molar-refractivity contribution >= 4 is 0 Å². The molecule has 0 aromatic heterocycles. The van der Waals surface area contributed by atoms with Crippen molar-refractivity contribution in [3.63, 3.8) is 0 Å². The summed E-state index contributed by atoms with van der Waals surface area (Å²) in [6.07, 6.45) is 3.39. The van der Waals surface area contributed by atoms with Crippen LogP contribution in [0.4, 0.5) is 0 Å². The molecule has 0 heterocycles. The molecule has 0 saturated carbocycles. The van der Waals surface area contributed by atoms with Crippen molar-refractivity contribution < 1.29 is 4.74 Å². The lowest BCUT2D eigenvalue weighted by Gasteiger charge is -2.36. The highest BCUT2D eigenvalue weighted by atomic mass is 16.5. The van der Waals surface area contributed by atoms with Crippen LogP contribution in [0.3, 0.4) is 0 Å². The van der Waals surface area contributed by atoms with E-state index in [-0.39, 0.29) is 5.41 Å². The smallest absolute Gasteiger partial charge is 0.0889 e. The lowest BCUT2D eigenvalue weighted by Crippen LogP contribution is -2.30. The van der Waals surface area contributed by atoms with Crippen molar-refractivity contribution in [2.45, 2.75) is 60.8 Å². The van der Waals surface area contributed by atoms with E-state index in [1.807, 2.05) is 0 Å². The van der Waals surface area contributed by atoms with E-state index in [1.54, 1.807) is 7.11 Å². The van der Waals surface area contributed by atoms with Crippen LogP contribution in [0, 0.1) is 10.8 Å². The van der Waals surface area contributed by atoms with Gasteiger partial charge in [0.1, 0.15) is 0 Å². The summed E-state index contributed by atoms with van der Waals surface area (Å²) in [6.45, 7) is 21.3. The monoisotopic (exact) mass is 269 g/mol. The first-order chi connectivity index (χ1) is 8.65. The zero-order valence-electron chi connectivity index (χ0n) is 14.3. The molecule has 0 amide bonds. The Morgan fingerprint density at radius 2 is 1.58 bits per heavy atom. The third-order valence-corrected chi connectivity index (χ3v) is 3.92. The fourth-order valence-corrected chi connectivity index (χ4v) is 3.05. The van der Waals surface area contributed by atoms with Crippen LogP contribution in [0.1, 0.15) is 60.8 Å². The summed E-state index contributed by atoms with van der Waals surface area (Å²) in [4.78, 5) is 2.50. The number of hydrogen-bond acceptors (Lipinski definition) is 2. The first kappa shape index (κ1) is 18.5. The summed E-state index contributed by atoms with van der Waals surface area (Å²) in [5.74, 6) is 0.893. The molecule has 0 unspecified atom stereocenters. The average Bonchev–Trinajstić information content (AvgIpc) is 2.27. The summed E-state index contributed by atoms with van der Waals surface area (Å²) < 4.78 is 5.23. The fraction of sp³-hybridized carbons (Fsp3) is 0.882. The summed E-state index contributed by atoms with van der Waals surface area (Å²) >= 11 is 0. The van der Waals surface area contributed by atoms with Crippen LogP contribution in [-0.2, 0) is 4.74 Å². The molecule has 0 bridgehead atoms. The molecule has 0 fully saturated rings. The van der Waals surface area contributed by atoms with Gasteiger partial charge in [-0.2, -0.15) is 0 Å². The van der Waals surface area contributed by atoms with Crippen LogP contribution in [0.5, 0.6) is 0 Å². The fourth-order valence-electron chi connectivity index (χ4n) is 3.05. The molecular weight excluding hydrogens is 234 g/mol. The molecule has 0 radical (unpaired) electrons. The van der Waals surface area contributed by atoms with E-state index in [9.17, 15) is 0 Å². The largest absolute Gasteiger partial charge is 0.502 e. The lowest BCUT2D eigenvalue weighted by atomic mass is 9.71. The minimum atomic E-state index is 0.250. The van der Waals surface area contributed by atoms with Gasteiger partial charge in [0, 0.05) is 6.42 Å². The van der Waals surface area contributed by atoms with Gasteiger partial charge in [-0.3, -0.25) is 0 Å². The van der Waals surface area contributed by atoms with E-state index >= 15 is 0 Å². The first-order valence-electron chi connectivity index (χ1n) is 7.60. The van der Waals surface area contributed by atoms with E-state index in [4.69, 9.17) is 4.74 Å². The normalized spacial score (nSPS) is 12.8. The second kappa shape index (κ2) is 7.94. The van der Waals surface area contributed by atoms with Gasteiger partial charge in [0.2, 0.25) is 0 Å². The standard InChI is InChI=1S/C17H35NO/c1-9-18(10-2)12-11-16(4,5)14-17(6,7)13-15(3)19-8/h3,9-14H2,1-2,4-8H3. The van der Waals surface area contributed by atoms with E-state index in [2.05, 4.69) is 53.0 Å². The number of nitrogens with zero attached hydrogens (tertiary/aromatic N) is 1. The summed E-state index contributed by atoms with van der Waals surface area (Å²) in [5.41, 5.74) is 0.611. The third kappa shape index (κ3) is 8.30. The van der Waals surface area contributed by atoms with Gasteiger partial charge < -0.3 is 9.64 Å². The molecule has 2 heteroatoms. The van der Waals surface area contributed by atoms with Gasteiger partial charge in [-0.1, -0.05) is 48.1 Å². The lowest BCUT2D eigenvalue weighted by molar-refractivity contribution is 0.139. The molecule has 0 rings (SSSR count). The second-order valence-electron chi connectivity index (χ2n) is 7.20. The van der Waals surface area contributed by atoms with Gasteiger partial charge in [-0.25, -0.2) is 0 Å². The molecule has 0 spiro atoms. The number of ether oxygens (including phenoxy) is 1. The maximum Gasteiger partial charge on any atom is 0.0889 e. The van der Waals surface area contributed by atoms with Crippen LogP contribution in [0.2, 0.25) is 0 Å². The Morgan fingerprint density at radius 1 is 1.05 bits per heavy atom. The highest BCUT2D eigenvalue weighted by Crippen LogP contribution is 2.39. The SMILES string of the molecule is C=C(CC(C)(C)CC(C)(C)CCN(CC)CC)OC. The summed E-state index contributed by atoms with van der Waals surface area (Å²) in [5, 5.41) is 0. The molecule has 0 aromatic rings. The van der Waals surface area contributed by atoms with Gasteiger partial charge in [0.05, 0.1) is 12.9 Å². The molecule has 0 aromatic carbocycles. The van der Waals surface area contributed by atoms with Gasteiger partial charge in [-0.05, 0) is 43.3 Å². The third-order valence-electron chi connectivity index (χ3n) is 3.92. The average molecular weight is 269 g/mol.